The minimum absolute atomic E-state index is 0.0773. The Morgan fingerprint density at radius 3 is 2.62 bits per heavy atom. The van der Waals surface area contributed by atoms with Gasteiger partial charge in [0.25, 0.3) is 5.34 Å². The van der Waals surface area contributed by atoms with E-state index in [4.69, 9.17) is 21.1 Å². The highest BCUT2D eigenvalue weighted by Gasteiger charge is 2.58. The SMILES string of the molecule is CCOC(=O)C(CO)(OCC1O[C@@H](n2ncc3c(NC4CCCC4)nc(Cl)nc32)[C@H](O)[C@@H]1O)P(=O)(O)O. The van der Waals surface area contributed by atoms with Gasteiger partial charge >= 0.3 is 13.6 Å². The molecule has 2 fully saturated rings. The fourth-order valence-corrected chi connectivity index (χ4v) is 5.35. The van der Waals surface area contributed by atoms with E-state index in [0.29, 0.717) is 11.2 Å². The molecule has 17 heteroatoms. The Balaban J connectivity index is 1.57. The van der Waals surface area contributed by atoms with E-state index in [1.807, 2.05) is 0 Å². The molecule has 2 aromatic heterocycles. The van der Waals surface area contributed by atoms with Crippen molar-refractivity contribution in [1.82, 2.24) is 19.7 Å². The zero-order valence-electron chi connectivity index (χ0n) is 19.8. The van der Waals surface area contributed by atoms with Crippen LogP contribution in [0.2, 0.25) is 5.28 Å². The third kappa shape index (κ3) is 5.33. The highest BCUT2D eigenvalue weighted by Crippen LogP contribution is 2.52. The van der Waals surface area contributed by atoms with E-state index in [1.54, 1.807) is 0 Å². The largest absolute Gasteiger partial charge is 0.463 e. The lowest BCUT2D eigenvalue weighted by molar-refractivity contribution is -0.173. The van der Waals surface area contributed by atoms with Gasteiger partial charge in [0.2, 0.25) is 5.28 Å². The van der Waals surface area contributed by atoms with E-state index in [1.165, 1.54) is 17.8 Å². The molecule has 37 heavy (non-hydrogen) atoms. The summed E-state index contributed by atoms with van der Waals surface area (Å²) in [5, 5.41) is 35.9. The van der Waals surface area contributed by atoms with Gasteiger partial charge in [-0.25, -0.2) is 9.48 Å². The Bertz CT molecular complexity index is 1170. The van der Waals surface area contributed by atoms with Gasteiger partial charge in [0, 0.05) is 6.04 Å². The summed E-state index contributed by atoms with van der Waals surface area (Å²) >= 11 is 6.14. The summed E-state index contributed by atoms with van der Waals surface area (Å²) in [6, 6.07) is 0.217. The summed E-state index contributed by atoms with van der Waals surface area (Å²) < 4.78 is 28.8. The summed E-state index contributed by atoms with van der Waals surface area (Å²) in [7, 11) is -5.41. The molecule has 15 nitrogen and oxygen atoms in total. The maximum Gasteiger partial charge on any atom is 0.371 e. The van der Waals surface area contributed by atoms with Gasteiger partial charge in [-0.15, -0.1) is 0 Å². The van der Waals surface area contributed by atoms with E-state index in [-0.39, 0.29) is 23.6 Å². The second kappa shape index (κ2) is 11.0. The van der Waals surface area contributed by atoms with E-state index >= 15 is 0 Å². The molecule has 2 aromatic rings. The number of hydrogen-bond acceptors (Lipinski definition) is 12. The molecule has 0 spiro atoms. The Morgan fingerprint density at radius 1 is 1.30 bits per heavy atom. The molecule has 0 aromatic carbocycles. The van der Waals surface area contributed by atoms with Crippen molar-refractivity contribution in [2.45, 2.75) is 68.5 Å². The van der Waals surface area contributed by atoms with Crippen molar-refractivity contribution in [3.05, 3.63) is 11.5 Å². The molecule has 3 heterocycles. The third-order valence-electron chi connectivity index (χ3n) is 6.47. The number of esters is 1. The van der Waals surface area contributed by atoms with Gasteiger partial charge in [-0.1, -0.05) is 12.8 Å². The fourth-order valence-electron chi connectivity index (χ4n) is 4.46. The van der Waals surface area contributed by atoms with Crippen LogP contribution in [0.3, 0.4) is 0 Å². The van der Waals surface area contributed by atoms with E-state index in [9.17, 15) is 34.5 Å². The Hall–Kier alpha value is -1.94. The predicted octanol–water partition coefficient (Wildman–Crippen LogP) is -0.101. The lowest BCUT2D eigenvalue weighted by Crippen LogP contribution is -2.48. The number of carbonyl (C=O) groups is 1. The number of aromatic nitrogens is 4. The van der Waals surface area contributed by atoms with Crippen molar-refractivity contribution in [3.8, 4) is 0 Å². The van der Waals surface area contributed by atoms with Gasteiger partial charge in [-0.2, -0.15) is 15.1 Å². The second-order valence-corrected chi connectivity index (χ2v) is 11.0. The Kier molecular flexibility index (Phi) is 8.38. The van der Waals surface area contributed by atoms with Crippen LogP contribution in [-0.4, -0.2) is 100 Å². The molecule has 1 saturated heterocycles. The molecule has 0 radical (unpaired) electrons. The monoisotopic (exact) mass is 565 g/mol. The summed E-state index contributed by atoms with van der Waals surface area (Å²) in [6.07, 6.45) is -0.258. The number of nitrogens with zero attached hydrogens (tertiary/aromatic N) is 4. The fraction of sp³-hybridized carbons (Fsp3) is 0.700. The van der Waals surface area contributed by atoms with Gasteiger partial charge in [0.1, 0.15) is 24.1 Å². The maximum atomic E-state index is 12.3. The molecule has 4 rings (SSSR count). The average molecular weight is 566 g/mol. The average Bonchev–Trinajstić information content (AvgIpc) is 3.55. The van der Waals surface area contributed by atoms with Crippen LogP contribution in [0.25, 0.3) is 11.0 Å². The summed E-state index contributed by atoms with van der Waals surface area (Å²) in [5.74, 6) is -1.02. The molecule has 1 aliphatic carbocycles. The van der Waals surface area contributed by atoms with Crippen LogP contribution in [0.5, 0.6) is 0 Å². The van der Waals surface area contributed by atoms with Crippen LogP contribution >= 0.6 is 19.2 Å². The van der Waals surface area contributed by atoms with Crippen LogP contribution < -0.4 is 5.32 Å². The third-order valence-corrected chi connectivity index (χ3v) is 8.03. The number of nitrogens with one attached hydrogen (secondary N) is 1. The first-order chi connectivity index (χ1) is 17.5. The number of anilines is 1. The molecule has 0 bridgehead atoms. The second-order valence-electron chi connectivity index (χ2n) is 8.86. The first-order valence-corrected chi connectivity index (χ1v) is 13.7. The number of aliphatic hydroxyl groups excluding tert-OH is 3. The number of rotatable bonds is 10. The molecule has 5 atom stereocenters. The van der Waals surface area contributed by atoms with E-state index in [0.717, 1.165) is 25.7 Å². The van der Waals surface area contributed by atoms with Crippen molar-refractivity contribution in [1.29, 1.82) is 0 Å². The number of fused-ring (bicyclic) bond motifs is 1. The first kappa shape index (κ1) is 28.1. The topological polar surface area (TPSA) is 219 Å². The van der Waals surface area contributed by atoms with Crippen LogP contribution in [0.15, 0.2) is 6.20 Å². The number of hydrogen-bond donors (Lipinski definition) is 6. The Morgan fingerprint density at radius 2 is 2.00 bits per heavy atom. The summed E-state index contributed by atoms with van der Waals surface area (Å²) in [5.41, 5.74) is 0.213. The smallest absolute Gasteiger partial charge is 0.371 e. The van der Waals surface area contributed by atoms with Crippen molar-refractivity contribution >= 4 is 42.0 Å². The normalized spacial score (nSPS) is 26.5. The van der Waals surface area contributed by atoms with Crippen molar-refractivity contribution in [3.63, 3.8) is 0 Å². The van der Waals surface area contributed by atoms with Crippen LogP contribution in [-0.2, 0) is 23.6 Å². The van der Waals surface area contributed by atoms with Gasteiger partial charge in [0.15, 0.2) is 11.9 Å². The van der Waals surface area contributed by atoms with Gasteiger partial charge < -0.3 is 44.6 Å². The lowest BCUT2D eigenvalue weighted by Gasteiger charge is -2.31. The van der Waals surface area contributed by atoms with E-state index < -0.39 is 56.7 Å². The molecule has 206 valence electrons. The first-order valence-electron chi connectivity index (χ1n) is 11.7. The molecule has 0 amide bonds. The zero-order valence-corrected chi connectivity index (χ0v) is 21.5. The number of ether oxygens (including phenoxy) is 3. The standard InChI is InChI=1S/C20H29ClN5O10P/c1-2-34-18(30)20(9-27,37(31,32)33)35-8-12-13(28)14(29)17(36-12)26-16-11(7-22-26)15(24-19(21)25-16)23-10-5-3-4-6-10/h7,10,12-14,17,27-29H,2-6,8-9H2,1H3,(H,23,24,25)(H2,31,32,33)/t12?,13-,14-,17-,20?/m1/s1. The predicted molar refractivity (Wildman–Crippen MR) is 127 cm³/mol. The van der Waals surface area contributed by atoms with Gasteiger partial charge in [-0.3, -0.25) is 4.57 Å². The molecule has 2 aliphatic rings. The number of halogens is 1. The highest BCUT2D eigenvalue weighted by atomic mass is 35.5. The van der Waals surface area contributed by atoms with Crippen molar-refractivity contribution in [2.24, 2.45) is 0 Å². The van der Waals surface area contributed by atoms with E-state index in [2.05, 4.69) is 25.1 Å². The summed E-state index contributed by atoms with van der Waals surface area (Å²) in [6.45, 7) is -1.02. The highest BCUT2D eigenvalue weighted by molar-refractivity contribution is 7.54. The zero-order chi connectivity index (χ0) is 27.0. The van der Waals surface area contributed by atoms with Crippen LogP contribution in [0.4, 0.5) is 5.82 Å². The van der Waals surface area contributed by atoms with Crippen LogP contribution in [0, 0.1) is 0 Å². The molecule has 6 N–H and O–H groups in total. The van der Waals surface area contributed by atoms with Crippen molar-refractivity contribution in [2.75, 3.05) is 25.1 Å². The number of aliphatic hydroxyl groups is 3. The Labute approximate surface area is 215 Å². The van der Waals surface area contributed by atoms with Crippen LogP contribution in [0.1, 0.15) is 38.8 Å². The minimum atomic E-state index is -5.41. The van der Waals surface area contributed by atoms with Gasteiger partial charge in [0.05, 0.1) is 31.4 Å². The molecular formula is C20H29ClN5O10P. The minimum Gasteiger partial charge on any atom is -0.463 e. The van der Waals surface area contributed by atoms with Crippen molar-refractivity contribution < 1.29 is 48.7 Å². The molecule has 2 unspecified atom stereocenters. The quantitative estimate of drug-likeness (QED) is 0.126. The maximum absolute atomic E-state index is 12.3. The molecular weight excluding hydrogens is 537 g/mol. The molecule has 1 aliphatic heterocycles. The molecule has 1 saturated carbocycles. The lowest BCUT2D eigenvalue weighted by atomic mass is 10.1. The number of carbonyl (C=O) groups excluding carboxylic acids is 1. The van der Waals surface area contributed by atoms with Gasteiger partial charge in [-0.05, 0) is 31.4 Å². The summed E-state index contributed by atoms with van der Waals surface area (Å²) in [4.78, 5) is 40.2.